The number of nitrogens with one attached hydrogen (secondary N) is 3. The number of hydrogen-bond acceptors (Lipinski definition) is 10. The Morgan fingerprint density at radius 1 is 0.533 bits per heavy atom. The number of nitrogens with zero attached hydrogens (tertiary/aromatic N) is 3. The maximum atomic E-state index is 11.7. The van der Waals surface area contributed by atoms with Crippen molar-refractivity contribution in [1.29, 1.82) is 0 Å². The van der Waals surface area contributed by atoms with E-state index in [0.29, 0.717) is 11.4 Å². The zero-order chi connectivity index (χ0) is 31.7. The molecule has 224 valence electrons. The van der Waals surface area contributed by atoms with Crippen LogP contribution in [-0.2, 0) is 10.1 Å². The Morgan fingerprint density at radius 3 is 1.36 bits per heavy atom. The summed E-state index contributed by atoms with van der Waals surface area (Å²) < 4.78 is 32.8. The molecule has 5 aromatic carbocycles. The first-order valence-electron chi connectivity index (χ1n) is 13.2. The monoisotopic (exact) mass is 622 g/mol. The number of hydrogen-bond donors (Lipinski definition) is 6. The Kier molecular flexibility index (Phi) is 7.42. The molecule has 0 radical (unpaired) electrons. The number of benzene rings is 5. The predicted octanol–water partition coefficient (Wildman–Crippen LogP) is 6.05. The second-order valence-corrected chi connectivity index (χ2v) is 11.3. The van der Waals surface area contributed by atoms with Gasteiger partial charge in [0.25, 0.3) is 10.1 Å². The van der Waals surface area contributed by atoms with Gasteiger partial charge in [-0.3, -0.25) is 4.55 Å². The fourth-order valence-electron chi connectivity index (χ4n) is 4.58. The topological polar surface area (TPSA) is 204 Å². The van der Waals surface area contributed by atoms with E-state index in [9.17, 15) is 32.8 Å². The first kappa shape index (κ1) is 29.0. The number of fused-ring (bicyclic) bond motifs is 2. The zero-order valence-electron chi connectivity index (χ0n) is 23.0. The molecule has 6 aromatic rings. The number of anilines is 6. The minimum atomic E-state index is -4.45. The second-order valence-electron chi connectivity index (χ2n) is 9.85. The van der Waals surface area contributed by atoms with E-state index in [-0.39, 0.29) is 39.6 Å². The van der Waals surface area contributed by atoms with Crippen molar-refractivity contribution in [3.8, 4) is 0 Å². The summed E-state index contributed by atoms with van der Waals surface area (Å²) in [7, 11) is -4.45. The summed E-state index contributed by atoms with van der Waals surface area (Å²) in [4.78, 5) is 35.7. The Morgan fingerprint density at radius 2 is 0.933 bits per heavy atom. The highest BCUT2D eigenvalue weighted by atomic mass is 32.2. The first-order valence-corrected chi connectivity index (χ1v) is 14.6. The normalized spacial score (nSPS) is 11.3. The third-order valence-corrected chi connectivity index (χ3v) is 7.56. The summed E-state index contributed by atoms with van der Waals surface area (Å²) in [5.41, 5.74) is 1.82. The molecule has 6 N–H and O–H groups in total. The van der Waals surface area contributed by atoms with E-state index in [1.807, 2.05) is 0 Å². The van der Waals surface area contributed by atoms with Gasteiger partial charge in [-0.2, -0.15) is 23.4 Å². The lowest BCUT2D eigenvalue weighted by Crippen LogP contribution is -2.08. The molecule has 0 bridgehead atoms. The quantitative estimate of drug-likeness (QED) is 0.102. The van der Waals surface area contributed by atoms with E-state index >= 15 is 0 Å². The van der Waals surface area contributed by atoms with Gasteiger partial charge in [0.05, 0.1) is 16.0 Å². The lowest BCUT2D eigenvalue weighted by Gasteiger charge is -2.13. The fourth-order valence-corrected chi connectivity index (χ4v) is 5.10. The third-order valence-electron chi connectivity index (χ3n) is 6.71. The van der Waals surface area contributed by atoms with Crippen molar-refractivity contribution in [3.63, 3.8) is 0 Å². The van der Waals surface area contributed by atoms with E-state index in [2.05, 4.69) is 30.9 Å². The summed E-state index contributed by atoms with van der Waals surface area (Å²) in [6, 6.07) is 25.6. The molecular formula is C31H22N6O7S. The first-order chi connectivity index (χ1) is 21.5. The van der Waals surface area contributed by atoms with Gasteiger partial charge >= 0.3 is 11.9 Å². The minimum absolute atomic E-state index is 0.0428. The minimum Gasteiger partial charge on any atom is -0.478 e. The summed E-state index contributed by atoms with van der Waals surface area (Å²) in [6.07, 6.45) is 0. The number of aromatic nitrogens is 3. The highest BCUT2D eigenvalue weighted by Crippen LogP contribution is 2.27. The largest absolute Gasteiger partial charge is 0.478 e. The SMILES string of the molecule is O=C(O)c1ccc2cc(Nc3nc(Nc4cccc(S(=O)(=O)O)c4)nc(Nc4ccc5cc(C(=O)O)ccc5c4)n3)ccc2c1. The van der Waals surface area contributed by atoms with Gasteiger partial charge in [-0.05, 0) is 88.3 Å². The molecule has 1 heterocycles. The van der Waals surface area contributed by atoms with Crippen LogP contribution in [0.2, 0.25) is 0 Å². The highest BCUT2D eigenvalue weighted by Gasteiger charge is 2.13. The van der Waals surface area contributed by atoms with Crippen molar-refractivity contribution in [3.05, 3.63) is 108 Å². The molecule has 0 spiro atoms. The molecule has 0 amide bonds. The van der Waals surface area contributed by atoms with Crippen LogP contribution in [0, 0.1) is 0 Å². The number of rotatable bonds is 9. The molecular weight excluding hydrogens is 600 g/mol. The van der Waals surface area contributed by atoms with Crippen molar-refractivity contribution in [2.75, 3.05) is 16.0 Å². The smallest absolute Gasteiger partial charge is 0.335 e. The molecule has 0 saturated heterocycles. The molecule has 45 heavy (non-hydrogen) atoms. The number of carboxylic acids is 2. The number of carbonyl (C=O) groups is 2. The number of aromatic carboxylic acids is 2. The van der Waals surface area contributed by atoms with Crippen LogP contribution in [0.15, 0.2) is 102 Å². The van der Waals surface area contributed by atoms with E-state index < -0.39 is 22.1 Å². The Balaban J connectivity index is 1.35. The molecule has 0 aliphatic heterocycles. The average molecular weight is 623 g/mol. The summed E-state index contributed by atoms with van der Waals surface area (Å²) in [5.74, 6) is -1.77. The van der Waals surface area contributed by atoms with Crippen LogP contribution in [-0.4, -0.2) is 50.1 Å². The highest BCUT2D eigenvalue weighted by molar-refractivity contribution is 7.85. The van der Waals surface area contributed by atoms with Crippen molar-refractivity contribution < 1.29 is 32.8 Å². The molecule has 0 atom stereocenters. The van der Waals surface area contributed by atoms with Crippen LogP contribution >= 0.6 is 0 Å². The van der Waals surface area contributed by atoms with Crippen LogP contribution in [0.5, 0.6) is 0 Å². The van der Waals surface area contributed by atoms with Gasteiger partial charge in [-0.15, -0.1) is 0 Å². The van der Waals surface area contributed by atoms with Gasteiger partial charge in [0.2, 0.25) is 17.8 Å². The molecule has 0 unspecified atom stereocenters. The molecule has 0 saturated carbocycles. The number of carboxylic acid groups (broad SMARTS) is 2. The summed E-state index contributed by atoms with van der Waals surface area (Å²) in [5, 5.41) is 30.7. The molecule has 0 fully saturated rings. The van der Waals surface area contributed by atoms with Gasteiger partial charge in [0.1, 0.15) is 0 Å². The van der Waals surface area contributed by atoms with Crippen molar-refractivity contribution in [1.82, 2.24) is 15.0 Å². The van der Waals surface area contributed by atoms with Gasteiger partial charge < -0.3 is 26.2 Å². The van der Waals surface area contributed by atoms with Crippen LogP contribution in [0.3, 0.4) is 0 Å². The predicted molar refractivity (Wildman–Crippen MR) is 168 cm³/mol. The Bertz CT molecular complexity index is 2140. The molecule has 0 aliphatic rings. The summed E-state index contributed by atoms with van der Waals surface area (Å²) in [6.45, 7) is 0. The molecule has 1 aromatic heterocycles. The van der Waals surface area contributed by atoms with Crippen LogP contribution in [0.4, 0.5) is 34.9 Å². The van der Waals surface area contributed by atoms with Gasteiger partial charge in [0, 0.05) is 17.1 Å². The maximum absolute atomic E-state index is 11.7. The lowest BCUT2D eigenvalue weighted by atomic mass is 10.1. The van der Waals surface area contributed by atoms with Crippen molar-refractivity contribution >= 4 is 78.5 Å². The maximum Gasteiger partial charge on any atom is 0.335 e. The van der Waals surface area contributed by atoms with Crippen LogP contribution in [0.25, 0.3) is 21.5 Å². The Hall–Kier alpha value is -6.12. The average Bonchev–Trinajstić information content (AvgIpc) is 3.00. The second kappa shape index (κ2) is 11.5. The van der Waals surface area contributed by atoms with Crippen LogP contribution in [0.1, 0.15) is 20.7 Å². The third kappa shape index (κ3) is 6.61. The zero-order valence-corrected chi connectivity index (χ0v) is 23.8. The standard InChI is InChI=1S/C31H22N6O7S/c38-27(39)21-6-4-19-14-24(10-8-17(19)12-21)33-30-35-29(32-23-2-1-3-26(16-23)45(42,43)44)36-31(37-30)34-25-11-9-18-13-22(28(40)41)7-5-20(18)15-25/h1-16H,(H,38,39)(H,40,41)(H,42,43,44)(H3,32,33,34,35,36,37). The molecule has 13 nitrogen and oxygen atoms in total. The van der Waals surface area contributed by atoms with Gasteiger partial charge in [-0.25, -0.2) is 9.59 Å². The van der Waals surface area contributed by atoms with Crippen molar-refractivity contribution in [2.45, 2.75) is 4.90 Å². The lowest BCUT2D eigenvalue weighted by molar-refractivity contribution is 0.0686. The fraction of sp³-hybridized carbons (Fsp3) is 0. The van der Waals surface area contributed by atoms with Gasteiger partial charge in [0.15, 0.2) is 0 Å². The van der Waals surface area contributed by atoms with Crippen LogP contribution < -0.4 is 16.0 Å². The van der Waals surface area contributed by atoms with Gasteiger partial charge in [-0.1, -0.05) is 30.3 Å². The molecule has 6 rings (SSSR count). The molecule has 0 aliphatic carbocycles. The van der Waals surface area contributed by atoms with E-state index in [1.165, 1.54) is 30.3 Å². The van der Waals surface area contributed by atoms with E-state index in [1.54, 1.807) is 66.7 Å². The summed E-state index contributed by atoms with van der Waals surface area (Å²) >= 11 is 0. The molecule has 14 heteroatoms. The van der Waals surface area contributed by atoms with E-state index in [0.717, 1.165) is 21.5 Å². The van der Waals surface area contributed by atoms with E-state index in [4.69, 9.17) is 0 Å². The van der Waals surface area contributed by atoms with Crippen molar-refractivity contribution in [2.24, 2.45) is 0 Å². The Labute approximate surface area is 255 Å².